The molecule has 5 nitrogen and oxygen atoms in total. The molecule has 2 saturated heterocycles. The molecule has 1 spiro atoms. The van der Waals surface area contributed by atoms with Crippen LogP contribution in [0.15, 0.2) is 29.3 Å². The van der Waals surface area contributed by atoms with Gasteiger partial charge in [0.1, 0.15) is 0 Å². The summed E-state index contributed by atoms with van der Waals surface area (Å²) in [6, 6.07) is 8.71. The Morgan fingerprint density at radius 3 is 2.58 bits per heavy atom. The molecule has 2 heterocycles. The van der Waals surface area contributed by atoms with E-state index >= 15 is 0 Å². The number of likely N-dealkylation sites (tertiary alicyclic amines) is 1. The van der Waals surface area contributed by atoms with E-state index < -0.39 is 0 Å². The molecule has 0 aromatic heterocycles. The van der Waals surface area contributed by atoms with Crippen molar-refractivity contribution in [3.8, 4) is 0 Å². The molecule has 144 valence electrons. The lowest BCUT2D eigenvalue weighted by Crippen LogP contribution is -2.42. The maximum Gasteiger partial charge on any atom is 0.193 e. The van der Waals surface area contributed by atoms with Gasteiger partial charge >= 0.3 is 0 Å². The second-order valence-electron chi connectivity index (χ2n) is 7.65. The first-order valence-corrected chi connectivity index (χ1v) is 9.66. The minimum atomic E-state index is 0. The molecular formula is C20H31IN4O. The highest BCUT2D eigenvalue weighted by Crippen LogP contribution is 2.47. The van der Waals surface area contributed by atoms with E-state index in [9.17, 15) is 0 Å². The quantitative estimate of drug-likeness (QED) is 0.419. The van der Waals surface area contributed by atoms with Crippen molar-refractivity contribution in [3.05, 3.63) is 29.8 Å². The number of benzene rings is 1. The predicted octanol–water partition coefficient (Wildman–Crippen LogP) is 3.09. The van der Waals surface area contributed by atoms with Crippen LogP contribution in [0.25, 0.3) is 0 Å². The highest BCUT2D eigenvalue weighted by atomic mass is 127. The summed E-state index contributed by atoms with van der Waals surface area (Å²) >= 11 is 0. The van der Waals surface area contributed by atoms with E-state index in [1.54, 1.807) is 0 Å². The highest BCUT2D eigenvalue weighted by molar-refractivity contribution is 14.0. The zero-order valence-corrected chi connectivity index (χ0v) is 18.1. The van der Waals surface area contributed by atoms with Crippen molar-refractivity contribution >= 4 is 35.6 Å². The highest BCUT2D eigenvalue weighted by Gasteiger charge is 2.43. The van der Waals surface area contributed by atoms with Gasteiger partial charge in [-0.1, -0.05) is 24.6 Å². The number of ether oxygens (including phenoxy) is 1. The number of nitrogens with zero attached hydrogens (tertiary/aromatic N) is 3. The normalized spacial score (nSPS) is 22.1. The number of hydrogen-bond acceptors (Lipinski definition) is 3. The molecule has 1 aliphatic carbocycles. The van der Waals surface area contributed by atoms with E-state index in [4.69, 9.17) is 4.74 Å². The second kappa shape index (κ2) is 8.78. The van der Waals surface area contributed by atoms with Crippen LogP contribution >= 0.6 is 24.0 Å². The molecule has 0 unspecified atom stereocenters. The van der Waals surface area contributed by atoms with E-state index in [-0.39, 0.29) is 24.0 Å². The number of halogens is 1. The summed E-state index contributed by atoms with van der Waals surface area (Å²) in [6.45, 7) is 6.73. The second-order valence-corrected chi connectivity index (χ2v) is 7.65. The lowest BCUT2D eigenvalue weighted by Gasteiger charge is -2.38. The van der Waals surface area contributed by atoms with Crippen LogP contribution in [0.4, 0.5) is 5.69 Å². The smallest absolute Gasteiger partial charge is 0.193 e. The van der Waals surface area contributed by atoms with E-state index in [1.165, 1.54) is 43.5 Å². The van der Waals surface area contributed by atoms with Crippen LogP contribution in [0, 0.1) is 5.41 Å². The molecule has 0 radical (unpaired) electrons. The summed E-state index contributed by atoms with van der Waals surface area (Å²) < 4.78 is 5.50. The van der Waals surface area contributed by atoms with Gasteiger partial charge in [0.2, 0.25) is 0 Å². The van der Waals surface area contributed by atoms with Crippen LogP contribution in [-0.4, -0.2) is 57.3 Å². The van der Waals surface area contributed by atoms with Crippen LogP contribution in [-0.2, 0) is 11.3 Å². The Kier molecular flexibility index (Phi) is 6.66. The molecule has 4 rings (SSSR count). The van der Waals surface area contributed by atoms with Gasteiger partial charge in [-0.05, 0) is 36.3 Å². The first-order valence-electron chi connectivity index (χ1n) is 9.66. The molecule has 0 bridgehead atoms. The number of guanidine groups is 1. The molecule has 0 atom stereocenters. The van der Waals surface area contributed by atoms with Gasteiger partial charge in [0.15, 0.2) is 5.96 Å². The molecule has 2 aliphatic heterocycles. The van der Waals surface area contributed by atoms with Gasteiger partial charge in [-0.2, -0.15) is 0 Å². The van der Waals surface area contributed by atoms with Crippen molar-refractivity contribution < 1.29 is 4.74 Å². The minimum Gasteiger partial charge on any atom is -0.378 e. The molecule has 0 amide bonds. The molecule has 3 fully saturated rings. The summed E-state index contributed by atoms with van der Waals surface area (Å²) in [4.78, 5) is 9.44. The number of morpholine rings is 1. The van der Waals surface area contributed by atoms with Gasteiger partial charge < -0.3 is 19.9 Å². The molecule has 1 aromatic carbocycles. The Balaban J connectivity index is 0.00000196. The zero-order valence-electron chi connectivity index (χ0n) is 15.7. The maximum atomic E-state index is 5.50. The Morgan fingerprint density at radius 2 is 1.92 bits per heavy atom. The van der Waals surface area contributed by atoms with E-state index in [1.807, 2.05) is 7.05 Å². The topological polar surface area (TPSA) is 40.1 Å². The maximum absolute atomic E-state index is 5.50. The SMILES string of the molecule is CN=C(NCc1ccccc1N1CCOCC1)N1CCC2(CCC2)C1.I. The van der Waals surface area contributed by atoms with Crippen molar-refractivity contribution in [2.75, 3.05) is 51.3 Å². The van der Waals surface area contributed by atoms with Crippen LogP contribution in [0.1, 0.15) is 31.2 Å². The Bertz CT molecular complexity index is 626. The number of aliphatic imine (C=N–C) groups is 1. The van der Waals surface area contributed by atoms with Crippen LogP contribution < -0.4 is 10.2 Å². The van der Waals surface area contributed by atoms with E-state index in [2.05, 4.69) is 44.4 Å². The van der Waals surface area contributed by atoms with Crippen molar-refractivity contribution in [1.29, 1.82) is 0 Å². The van der Waals surface area contributed by atoms with Gasteiger partial charge in [0, 0.05) is 45.5 Å². The lowest BCUT2D eigenvalue weighted by molar-refractivity contribution is 0.122. The molecule has 1 N–H and O–H groups in total. The summed E-state index contributed by atoms with van der Waals surface area (Å²) in [6.07, 6.45) is 5.55. The molecule has 26 heavy (non-hydrogen) atoms. The first kappa shape index (κ1) is 19.7. The van der Waals surface area contributed by atoms with E-state index in [0.717, 1.165) is 45.4 Å². The minimum absolute atomic E-state index is 0. The number of nitrogens with one attached hydrogen (secondary N) is 1. The third-order valence-electron chi connectivity index (χ3n) is 6.14. The lowest BCUT2D eigenvalue weighted by atomic mass is 9.68. The van der Waals surface area contributed by atoms with Crippen LogP contribution in [0.2, 0.25) is 0 Å². The zero-order chi connectivity index (χ0) is 17.1. The van der Waals surface area contributed by atoms with Crippen molar-refractivity contribution in [3.63, 3.8) is 0 Å². The molecule has 3 aliphatic rings. The number of para-hydroxylation sites is 1. The summed E-state index contributed by atoms with van der Waals surface area (Å²) in [5.41, 5.74) is 3.26. The molecule has 6 heteroatoms. The van der Waals surface area contributed by atoms with E-state index in [0.29, 0.717) is 5.41 Å². The fourth-order valence-electron chi connectivity index (χ4n) is 4.48. The Morgan fingerprint density at radius 1 is 1.15 bits per heavy atom. The van der Waals surface area contributed by atoms with Gasteiger partial charge in [0.25, 0.3) is 0 Å². The Labute approximate surface area is 174 Å². The van der Waals surface area contributed by atoms with Crippen molar-refractivity contribution in [2.24, 2.45) is 10.4 Å². The third kappa shape index (κ3) is 4.11. The molecule has 1 aromatic rings. The monoisotopic (exact) mass is 470 g/mol. The van der Waals surface area contributed by atoms with Gasteiger partial charge in [-0.25, -0.2) is 0 Å². The standard InChI is InChI=1S/C20H30N4O.HI/c1-21-19(24-10-9-20(16-24)7-4-8-20)22-15-17-5-2-3-6-18(17)23-11-13-25-14-12-23;/h2-3,5-6H,4,7-16H2,1H3,(H,21,22);1H. The summed E-state index contributed by atoms with van der Waals surface area (Å²) in [5, 5.41) is 3.61. The largest absolute Gasteiger partial charge is 0.378 e. The van der Waals surface area contributed by atoms with Crippen LogP contribution in [0.3, 0.4) is 0 Å². The summed E-state index contributed by atoms with van der Waals surface area (Å²) in [7, 11) is 1.90. The third-order valence-corrected chi connectivity index (χ3v) is 6.14. The number of anilines is 1. The van der Waals surface area contributed by atoms with Crippen LogP contribution in [0.5, 0.6) is 0 Å². The predicted molar refractivity (Wildman–Crippen MR) is 118 cm³/mol. The molecular weight excluding hydrogens is 439 g/mol. The average Bonchev–Trinajstić information content (AvgIpc) is 3.09. The Hall–Kier alpha value is -1.02. The first-order chi connectivity index (χ1) is 12.3. The fourth-order valence-corrected chi connectivity index (χ4v) is 4.48. The van der Waals surface area contributed by atoms with Crippen molar-refractivity contribution in [2.45, 2.75) is 32.2 Å². The fraction of sp³-hybridized carbons (Fsp3) is 0.650. The van der Waals surface area contributed by atoms with Crippen molar-refractivity contribution in [1.82, 2.24) is 10.2 Å². The molecule has 1 saturated carbocycles. The average molecular weight is 470 g/mol. The van der Waals surface area contributed by atoms with Gasteiger partial charge in [-0.15, -0.1) is 24.0 Å². The number of hydrogen-bond donors (Lipinski definition) is 1. The van der Waals surface area contributed by atoms with Gasteiger partial charge in [0.05, 0.1) is 13.2 Å². The number of rotatable bonds is 3. The van der Waals surface area contributed by atoms with Gasteiger partial charge in [-0.3, -0.25) is 4.99 Å². The summed E-state index contributed by atoms with van der Waals surface area (Å²) in [5.74, 6) is 1.06.